The average molecular weight is 314 g/mol. The zero-order valence-electron chi connectivity index (χ0n) is 13.5. The molecule has 4 heteroatoms. The number of unbranched alkanes of at least 4 members (excludes halogenated alkanes) is 1. The van der Waals surface area contributed by atoms with Gasteiger partial charge in [-0.05, 0) is 30.2 Å². The Hall–Kier alpha value is -2.20. The Labute approximate surface area is 136 Å². The van der Waals surface area contributed by atoms with Crippen LogP contribution in [0.4, 0.5) is 4.39 Å². The molecule has 0 heterocycles. The van der Waals surface area contributed by atoms with Crippen molar-refractivity contribution in [1.82, 2.24) is 4.90 Å². The molecular formula is C19H23FN2O. The second-order valence-electron chi connectivity index (χ2n) is 5.57. The van der Waals surface area contributed by atoms with E-state index in [4.69, 9.17) is 5.73 Å². The highest BCUT2D eigenvalue weighted by molar-refractivity contribution is 5.94. The normalized spacial score (nSPS) is 10.6. The van der Waals surface area contributed by atoms with Gasteiger partial charge in [0.2, 0.25) is 0 Å². The summed E-state index contributed by atoms with van der Waals surface area (Å²) in [6.07, 6.45) is 1.87. The van der Waals surface area contributed by atoms with Gasteiger partial charge in [0, 0.05) is 30.8 Å². The molecule has 23 heavy (non-hydrogen) atoms. The fraction of sp³-hybridized carbons (Fsp3) is 0.316. The first-order chi connectivity index (χ1) is 11.2. The summed E-state index contributed by atoms with van der Waals surface area (Å²) >= 11 is 0. The maximum absolute atomic E-state index is 13.9. The molecule has 0 spiro atoms. The number of carbonyl (C=O) groups excluding carboxylic acids is 1. The molecule has 0 bridgehead atoms. The lowest BCUT2D eigenvalue weighted by Crippen LogP contribution is -2.31. The molecule has 0 radical (unpaired) electrons. The highest BCUT2D eigenvalue weighted by atomic mass is 19.1. The average Bonchev–Trinajstić information content (AvgIpc) is 2.59. The Balaban J connectivity index is 2.19. The SMILES string of the molecule is CCCCN(Cc1ccccc1F)C(=O)c1ccc(CN)cc1. The summed E-state index contributed by atoms with van der Waals surface area (Å²) in [7, 11) is 0. The molecule has 3 nitrogen and oxygen atoms in total. The molecule has 0 saturated carbocycles. The van der Waals surface area contributed by atoms with E-state index in [1.54, 1.807) is 35.2 Å². The van der Waals surface area contributed by atoms with E-state index in [-0.39, 0.29) is 18.3 Å². The topological polar surface area (TPSA) is 46.3 Å². The molecule has 0 unspecified atom stereocenters. The molecular weight excluding hydrogens is 291 g/mol. The number of rotatable bonds is 7. The van der Waals surface area contributed by atoms with Crippen molar-refractivity contribution in [3.63, 3.8) is 0 Å². The van der Waals surface area contributed by atoms with Crippen molar-refractivity contribution in [2.45, 2.75) is 32.9 Å². The van der Waals surface area contributed by atoms with Gasteiger partial charge in [0.05, 0.1) is 0 Å². The van der Waals surface area contributed by atoms with E-state index in [1.807, 2.05) is 12.1 Å². The molecule has 0 aromatic heterocycles. The van der Waals surface area contributed by atoms with Crippen LogP contribution < -0.4 is 5.73 Å². The van der Waals surface area contributed by atoms with Gasteiger partial charge in [0.15, 0.2) is 0 Å². The summed E-state index contributed by atoms with van der Waals surface area (Å²) in [4.78, 5) is 14.4. The number of hydrogen-bond donors (Lipinski definition) is 1. The number of hydrogen-bond acceptors (Lipinski definition) is 2. The van der Waals surface area contributed by atoms with Gasteiger partial charge >= 0.3 is 0 Å². The number of carbonyl (C=O) groups is 1. The summed E-state index contributed by atoms with van der Waals surface area (Å²) in [5.74, 6) is -0.356. The van der Waals surface area contributed by atoms with Gasteiger partial charge in [-0.3, -0.25) is 4.79 Å². The van der Waals surface area contributed by atoms with Crippen LogP contribution in [0.5, 0.6) is 0 Å². The first-order valence-corrected chi connectivity index (χ1v) is 7.97. The third-order valence-electron chi connectivity index (χ3n) is 3.82. The van der Waals surface area contributed by atoms with E-state index in [0.717, 1.165) is 18.4 Å². The molecule has 2 aromatic carbocycles. The predicted molar refractivity (Wildman–Crippen MR) is 90.4 cm³/mol. The standard InChI is InChI=1S/C19H23FN2O/c1-2-3-12-22(14-17-6-4-5-7-18(17)20)19(23)16-10-8-15(13-21)9-11-16/h4-11H,2-3,12-14,21H2,1H3. The lowest BCUT2D eigenvalue weighted by atomic mass is 10.1. The molecule has 0 aliphatic carbocycles. The third kappa shape index (κ3) is 4.63. The highest BCUT2D eigenvalue weighted by Gasteiger charge is 2.17. The van der Waals surface area contributed by atoms with Gasteiger partial charge < -0.3 is 10.6 Å². The number of nitrogens with zero attached hydrogens (tertiary/aromatic N) is 1. The van der Waals surface area contributed by atoms with Crippen LogP contribution in [0.1, 0.15) is 41.3 Å². The quantitative estimate of drug-likeness (QED) is 0.846. The van der Waals surface area contributed by atoms with Crippen molar-refractivity contribution < 1.29 is 9.18 Å². The Kier molecular flexibility index (Phi) is 6.29. The molecule has 0 fully saturated rings. The van der Waals surface area contributed by atoms with Crippen LogP contribution in [0.15, 0.2) is 48.5 Å². The van der Waals surface area contributed by atoms with Crippen molar-refractivity contribution in [1.29, 1.82) is 0 Å². The van der Waals surface area contributed by atoms with Crippen LogP contribution in [0, 0.1) is 5.82 Å². The molecule has 2 N–H and O–H groups in total. The molecule has 0 aliphatic heterocycles. The van der Waals surface area contributed by atoms with Crippen molar-refractivity contribution in [2.75, 3.05) is 6.54 Å². The predicted octanol–water partition coefficient (Wildman–Crippen LogP) is 3.73. The fourth-order valence-electron chi connectivity index (χ4n) is 2.40. The second kappa shape index (κ2) is 8.44. The minimum absolute atomic E-state index is 0.0784. The molecule has 122 valence electrons. The first kappa shape index (κ1) is 17.2. The van der Waals surface area contributed by atoms with E-state index in [9.17, 15) is 9.18 Å². The van der Waals surface area contributed by atoms with Crippen molar-refractivity contribution in [2.24, 2.45) is 5.73 Å². The summed E-state index contributed by atoms with van der Waals surface area (Å²) in [6, 6.07) is 13.9. The van der Waals surface area contributed by atoms with E-state index in [0.29, 0.717) is 24.2 Å². The van der Waals surface area contributed by atoms with E-state index < -0.39 is 0 Å². The Morgan fingerprint density at radius 3 is 2.43 bits per heavy atom. The van der Waals surface area contributed by atoms with Gasteiger partial charge in [-0.1, -0.05) is 43.7 Å². The summed E-state index contributed by atoms with van der Waals surface area (Å²) in [6.45, 7) is 3.41. The highest BCUT2D eigenvalue weighted by Crippen LogP contribution is 2.14. The van der Waals surface area contributed by atoms with E-state index in [1.165, 1.54) is 6.07 Å². The smallest absolute Gasteiger partial charge is 0.254 e. The lowest BCUT2D eigenvalue weighted by Gasteiger charge is -2.23. The molecule has 1 amide bonds. The Morgan fingerprint density at radius 1 is 1.13 bits per heavy atom. The van der Waals surface area contributed by atoms with Crippen molar-refractivity contribution in [3.05, 3.63) is 71.0 Å². The number of amides is 1. The zero-order valence-corrected chi connectivity index (χ0v) is 13.5. The van der Waals surface area contributed by atoms with Crippen molar-refractivity contribution >= 4 is 5.91 Å². The van der Waals surface area contributed by atoms with Crippen LogP contribution in [0.3, 0.4) is 0 Å². The maximum Gasteiger partial charge on any atom is 0.254 e. The first-order valence-electron chi connectivity index (χ1n) is 7.97. The number of halogens is 1. The maximum atomic E-state index is 13.9. The number of benzene rings is 2. The van der Waals surface area contributed by atoms with E-state index >= 15 is 0 Å². The van der Waals surface area contributed by atoms with E-state index in [2.05, 4.69) is 6.92 Å². The number of nitrogens with two attached hydrogens (primary N) is 1. The Bertz CT molecular complexity index is 640. The molecule has 2 rings (SSSR count). The van der Waals surface area contributed by atoms with Gasteiger partial charge in [-0.25, -0.2) is 4.39 Å². The monoisotopic (exact) mass is 314 g/mol. The second-order valence-corrected chi connectivity index (χ2v) is 5.57. The van der Waals surface area contributed by atoms with Crippen LogP contribution in [0.2, 0.25) is 0 Å². The van der Waals surface area contributed by atoms with Crippen LogP contribution in [0.25, 0.3) is 0 Å². The molecule has 0 atom stereocenters. The third-order valence-corrected chi connectivity index (χ3v) is 3.82. The zero-order chi connectivity index (χ0) is 16.7. The largest absolute Gasteiger partial charge is 0.334 e. The molecule has 0 aliphatic rings. The fourth-order valence-corrected chi connectivity index (χ4v) is 2.40. The summed E-state index contributed by atoms with van der Waals surface area (Å²) < 4.78 is 13.9. The van der Waals surface area contributed by atoms with Gasteiger partial charge in [-0.2, -0.15) is 0 Å². The van der Waals surface area contributed by atoms with Crippen molar-refractivity contribution in [3.8, 4) is 0 Å². The molecule has 2 aromatic rings. The summed E-state index contributed by atoms with van der Waals surface area (Å²) in [5.41, 5.74) is 7.71. The van der Waals surface area contributed by atoms with Gasteiger partial charge in [0.25, 0.3) is 5.91 Å². The minimum atomic E-state index is -0.278. The lowest BCUT2D eigenvalue weighted by molar-refractivity contribution is 0.0739. The van der Waals surface area contributed by atoms with Crippen LogP contribution in [-0.2, 0) is 13.1 Å². The minimum Gasteiger partial charge on any atom is -0.334 e. The summed E-state index contributed by atoms with van der Waals surface area (Å²) in [5, 5.41) is 0. The van der Waals surface area contributed by atoms with Crippen LogP contribution >= 0.6 is 0 Å². The van der Waals surface area contributed by atoms with Gasteiger partial charge in [0.1, 0.15) is 5.82 Å². The Morgan fingerprint density at radius 2 is 1.83 bits per heavy atom. The molecule has 0 saturated heterocycles. The van der Waals surface area contributed by atoms with Crippen LogP contribution in [-0.4, -0.2) is 17.4 Å². The van der Waals surface area contributed by atoms with Gasteiger partial charge in [-0.15, -0.1) is 0 Å².